The maximum Gasteiger partial charge on any atom is 0.136 e. The molecule has 0 aliphatic rings. The Morgan fingerprint density at radius 2 is 2.08 bits per heavy atom. The van der Waals surface area contributed by atoms with Gasteiger partial charge in [-0.25, -0.2) is 4.98 Å². The Kier molecular flexibility index (Phi) is 1.74. The van der Waals surface area contributed by atoms with Crippen LogP contribution in [0.25, 0.3) is 10.8 Å². The Balaban J connectivity index is 2.92. The van der Waals surface area contributed by atoms with Crippen LogP contribution in [0.1, 0.15) is 0 Å². The molecule has 0 spiro atoms. The van der Waals surface area contributed by atoms with E-state index < -0.39 is 0 Å². The van der Waals surface area contributed by atoms with Gasteiger partial charge in [-0.05, 0) is 18.2 Å². The highest BCUT2D eigenvalue weighted by molar-refractivity contribution is 6.34. The van der Waals surface area contributed by atoms with E-state index in [4.69, 9.17) is 17.3 Å². The Morgan fingerprint density at radius 3 is 2.85 bits per heavy atom. The average molecular weight is 195 g/mol. The minimum Gasteiger partial charge on any atom is -0.508 e. The molecule has 66 valence electrons. The second-order valence-electron chi connectivity index (χ2n) is 2.73. The number of aromatic hydroxyl groups is 1. The number of fused-ring (bicyclic) bond motifs is 1. The molecule has 0 aliphatic carbocycles. The number of phenolic OH excluding ortho intramolecular Hbond substituents is 1. The van der Waals surface area contributed by atoms with Gasteiger partial charge in [-0.1, -0.05) is 11.6 Å². The van der Waals surface area contributed by atoms with Crippen LogP contribution in [0.4, 0.5) is 5.69 Å². The summed E-state index contributed by atoms with van der Waals surface area (Å²) in [5, 5.41) is 11.1. The number of hydrogen-bond acceptors (Lipinski definition) is 3. The number of pyridine rings is 1. The molecule has 0 unspecified atom stereocenters. The van der Waals surface area contributed by atoms with Crippen LogP contribution in [-0.2, 0) is 0 Å². The minimum atomic E-state index is 0.168. The normalized spacial score (nSPS) is 10.5. The molecule has 0 aliphatic heterocycles. The number of nitrogen functional groups attached to an aromatic ring is 1. The first-order chi connectivity index (χ1) is 6.18. The maximum atomic E-state index is 9.23. The van der Waals surface area contributed by atoms with Crippen molar-refractivity contribution in [2.45, 2.75) is 0 Å². The largest absolute Gasteiger partial charge is 0.508 e. The van der Waals surface area contributed by atoms with Gasteiger partial charge in [0.2, 0.25) is 0 Å². The first-order valence-corrected chi connectivity index (χ1v) is 4.09. The first-order valence-electron chi connectivity index (χ1n) is 3.71. The van der Waals surface area contributed by atoms with Crippen LogP contribution < -0.4 is 5.73 Å². The molecule has 2 aromatic rings. The predicted octanol–water partition coefficient (Wildman–Crippen LogP) is 2.18. The molecular formula is C9H7ClN2O. The fourth-order valence-corrected chi connectivity index (χ4v) is 1.43. The zero-order valence-corrected chi connectivity index (χ0v) is 7.42. The maximum absolute atomic E-state index is 9.23. The van der Waals surface area contributed by atoms with Crippen molar-refractivity contribution in [1.29, 1.82) is 0 Å². The lowest BCUT2D eigenvalue weighted by Gasteiger charge is -2.03. The zero-order valence-electron chi connectivity index (χ0n) is 6.66. The molecule has 3 nitrogen and oxygen atoms in total. The van der Waals surface area contributed by atoms with Crippen LogP contribution in [0, 0.1) is 0 Å². The van der Waals surface area contributed by atoms with E-state index in [1.165, 1.54) is 6.20 Å². The molecule has 1 aromatic carbocycles. The standard InChI is InChI=1S/C9H7ClN2O/c10-9-6-2-1-5(13)3-7(6)8(11)4-12-9/h1-4,13H,11H2. The predicted molar refractivity (Wildman–Crippen MR) is 52.8 cm³/mol. The van der Waals surface area contributed by atoms with Crippen molar-refractivity contribution < 1.29 is 5.11 Å². The highest BCUT2D eigenvalue weighted by Gasteiger charge is 2.03. The third kappa shape index (κ3) is 1.27. The smallest absolute Gasteiger partial charge is 0.136 e. The molecule has 1 aromatic heterocycles. The number of nitrogens with zero attached hydrogens (tertiary/aromatic N) is 1. The fraction of sp³-hybridized carbons (Fsp3) is 0. The van der Waals surface area contributed by atoms with Gasteiger partial charge in [-0.3, -0.25) is 0 Å². The quantitative estimate of drug-likeness (QED) is 0.632. The molecule has 4 heteroatoms. The number of phenols is 1. The lowest BCUT2D eigenvalue weighted by Crippen LogP contribution is -1.89. The number of benzene rings is 1. The monoisotopic (exact) mass is 194 g/mol. The Labute approximate surface area is 79.8 Å². The number of hydrogen-bond donors (Lipinski definition) is 2. The van der Waals surface area contributed by atoms with Crippen molar-refractivity contribution in [3.05, 3.63) is 29.5 Å². The molecule has 0 fully saturated rings. The van der Waals surface area contributed by atoms with E-state index in [1.807, 2.05) is 0 Å². The molecule has 2 rings (SSSR count). The van der Waals surface area contributed by atoms with E-state index in [9.17, 15) is 5.11 Å². The molecular weight excluding hydrogens is 188 g/mol. The van der Waals surface area contributed by atoms with Crippen LogP contribution in [0.3, 0.4) is 0 Å². The van der Waals surface area contributed by atoms with E-state index in [2.05, 4.69) is 4.98 Å². The van der Waals surface area contributed by atoms with Crippen molar-refractivity contribution >= 4 is 28.1 Å². The van der Waals surface area contributed by atoms with E-state index >= 15 is 0 Å². The van der Waals surface area contributed by atoms with Crippen molar-refractivity contribution in [3.63, 3.8) is 0 Å². The van der Waals surface area contributed by atoms with E-state index in [1.54, 1.807) is 18.2 Å². The van der Waals surface area contributed by atoms with Crippen LogP contribution in [0.15, 0.2) is 24.4 Å². The van der Waals surface area contributed by atoms with Crippen LogP contribution in [0.2, 0.25) is 5.15 Å². The van der Waals surface area contributed by atoms with Gasteiger partial charge in [0.05, 0.1) is 11.9 Å². The SMILES string of the molecule is Nc1cnc(Cl)c2ccc(O)cc12. The summed E-state index contributed by atoms with van der Waals surface area (Å²) in [6, 6.07) is 4.81. The molecule has 1 heterocycles. The summed E-state index contributed by atoms with van der Waals surface area (Å²) in [5.41, 5.74) is 6.17. The highest BCUT2D eigenvalue weighted by Crippen LogP contribution is 2.28. The molecule has 0 saturated heterocycles. The lowest BCUT2D eigenvalue weighted by atomic mass is 10.1. The van der Waals surface area contributed by atoms with Crippen molar-refractivity contribution in [2.24, 2.45) is 0 Å². The number of rotatable bonds is 0. The van der Waals surface area contributed by atoms with Gasteiger partial charge in [0.1, 0.15) is 10.9 Å². The molecule has 0 saturated carbocycles. The van der Waals surface area contributed by atoms with Crippen LogP contribution >= 0.6 is 11.6 Å². The summed E-state index contributed by atoms with van der Waals surface area (Å²) in [5.74, 6) is 0.168. The third-order valence-electron chi connectivity index (χ3n) is 1.85. The summed E-state index contributed by atoms with van der Waals surface area (Å²) in [4.78, 5) is 3.90. The zero-order chi connectivity index (χ0) is 9.42. The van der Waals surface area contributed by atoms with Gasteiger partial charge in [0.15, 0.2) is 0 Å². The first kappa shape index (κ1) is 8.13. The Hall–Kier alpha value is -1.48. The minimum absolute atomic E-state index is 0.168. The molecule has 3 N–H and O–H groups in total. The van der Waals surface area contributed by atoms with Crippen LogP contribution in [0.5, 0.6) is 5.75 Å². The summed E-state index contributed by atoms with van der Waals surface area (Å²) >= 11 is 5.83. The summed E-state index contributed by atoms with van der Waals surface area (Å²) < 4.78 is 0. The highest BCUT2D eigenvalue weighted by atomic mass is 35.5. The average Bonchev–Trinajstić information content (AvgIpc) is 2.12. The fourth-order valence-electron chi connectivity index (χ4n) is 1.22. The van der Waals surface area contributed by atoms with E-state index in [0.29, 0.717) is 10.8 Å². The molecule has 0 amide bonds. The van der Waals surface area contributed by atoms with Gasteiger partial charge in [-0.15, -0.1) is 0 Å². The second-order valence-corrected chi connectivity index (χ2v) is 3.09. The summed E-state index contributed by atoms with van der Waals surface area (Å²) in [6.07, 6.45) is 1.48. The Morgan fingerprint density at radius 1 is 1.31 bits per heavy atom. The summed E-state index contributed by atoms with van der Waals surface area (Å²) in [7, 11) is 0. The molecule has 0 atom stereocenters. The number of halogens is 1. The third-order valence-corrected chi connectivity index (χ3v) is 2.15. The van der Waals surface area contributed by atoms with Gasteiger partial charge in [0.25, 0.3) is 0 Å². The van der Waals surface area contributed by atoms with E-state index in [0.717, 1.165) is 10.8 Å². The molecule has 0 bridgehead atoms. The van der Waals surface area contributed by atoms with Gasteiger partial charge in [-0.2, -0.15) is 0 Å². The van der Waals surface area contributed by atoms with Gasteiger partial charge >= 0.3 is 0 Å². The van der Waals surface area contributed by atoms with Gasteiger partial charge < -0.3 is 10.8 Å². The van der Waals surface area contributed by atoms with Gasteiger partial charge in [0, 0.05) is 10.8 Å². The van der Waals surface area contributed by atoms with Crippen molar-refractivity contribution in [2.75, 3.05) is 5.73 Å². The number of aromatic nitrogens is 1. The number of anilines is 1. The second kappa shape index (κ2) is 2.78. The lowest BCUT2D eigenvalue weighted by molar-refractivity contribution is 0.476. The Bertz CT molecular complexity index is 470. The molecule has 13 heavy (non-hydrogen) atoms. The van der Waals surface area contributed by atoms with Crippen LogP contribution in [-0.4, -0.2) is 10.1 Å². The van der Waals surface area contributed by atoms with E-state index in [-0.39, 0.29) is 5.75 Å². The topological polar surface area (TPSA) is 59.1 Å². The van der Waals surface area contributed by atoms with Crippen molar-refractivity contribution in [3.8, 4) is 5.75 Å². The number of nitrogens with two attached hydrogens (primary N) is 1. The van der Waals surface area contributed by atoms with Crippen molar-refractivity contribution in [1.82, 2.24) is 4.98 Å². The summed E-state index contributed by atoms with van der Waals surface area (Å²) in [6.45, 7) is 0. The molecule has 0 radical (unpaired) electrons.